The van der Waals surface area contributed by atoms with E-state index in [9.17, 15) is 9.59 Å². The summed E-state index contributed by atoms with van der Waals surface area (Å²) in [5.41, 5.74) is 4.37. The zero-order valence-electron chi connectivity index (χ0n) is 13.6. The number of nitrogens with zero attached hydrogens (tertiary/aromatic N) is 1. The number of benzene rings is 1. The molecule has 0 saturated carbocycles. The Labute approximate surface area is 137 Å². The van der Waals surface area contributed by atoms with Gasteiger partial charge in [-0.05, 0) is 74.4 Å². The van der Waals surface area contributed by atoms with Gasteiger partial charge in [-0.2, -0.15) is 0 Å². The highest BCUT2D eigenvalue weighted by Gasteiger charge is 2.32. The zero-order chi connectivity index (χ0) is 15.8. The van der Waals surface area contributed by atoms with Gasteiger partial charge in [-0.25, -0.2) is 0 Å². The Morgan fingerprint density at radius 2 is 1.87 bits per heavy atom. The first-order valence-electron chi connectivity index (χ1n) is 8.92. The first-order valence-corrected chi connectivity index (χ1v) is 8.92. The molecule has 0 radical (unpaired) electrons. The molecule has 1 N–H and O–H groups in total. The predicted octanol–water partition coefficient (Wildman–Crippen LogP) is 2.48. The number of carbonyl (C=O) groups is 2. The summed E-state index contributed by atoms with van der Waals surface area (Å²) in [6, 6.07) is 4.09. The van der Waals surface area contributed by atoms with E-state index in [0.717, 1.165) is 50.1 Å². The molecule has 1 saturated heterocycles. The van der Waals surface area contributed by atoms with Crippen LogP contribution in [-0.4, -0.2) is 31.3 Å². The average molecular weight is 312 g/mol. The van der Waals surface area contributed by atoms with Crippen LogP contribution in [0.3, 0.4) is 0 Å². The Morgan fingerprint density at radius 3 is 2.65 bits per heavy atom. The minimum Gasteiger partial charge on any atom is -0.317 e. The number of Topliss-reactive ketones (excluding diaryl/α,β-unsaturated/α-hetero) is 1. The number of rotatable bonds is 4. The Morgan fingerprint density at radius 1 is 1.13 bits per heavy atom. The Kier molecular flexibility index (Phi) is 3.93. The van der Waals surface area contributed by atoms with Crippen molar-refractivity contribution in [1.29, 1.82) is 0 Å². The van der Waals surface area contributed by atoms with Crippen molar-refractivity contribution in [3.8, 4) is 0 Å². The third-order valence-electron chi connectivity index (χ3n) is 5.61. The van der Waals surface area contributed by atoms with E-state index in [-0.39, 0.29) is 11.7 Å². The van der Waals surface area contributed by atoms with Crippen LogP contribution in [-0.2, 0) is 17.6 Å². The van der Waals surface area contributed by atoms with Gasteiger partial charge in [0, 0.05) is 24.9 Å². The molecule has 23 heavy (non-hydrogen) atoms. The molecule has 0 spiro atoms. The van der Waals surface area contributed by atoms with Crippen molar-refractivity contribution in [2.45, 2.75) is 44.9 Å². The molecule has 1 aromatic carbocycles. The maximum absolute atomic E-state index is 12.6. The molecule has 0 aliphatic carbocycles. The highest BCUT2D eigenvalue weighted by Crippen LogP contribution is 2.37. The van der Waals surface area contributed by atoms with Crippen molar-refractivity contribution in [3.63, 3.8) is 0 Å². The number of carbonyl (C=O) groups excluding carboxylic acids is 2. The van der Waals surface area contributed by atoms with Gasteiger partial charge in [0.25, 0.3) is 0 Å². The van der Waals surface area contributed by atoms with Gasteiger partial charge >= 0.3 is 0 Å². The van der Waals surface area contributed by atoms with E-state index >= 15 is 0 Å². The standard InChI is InChI=1S/C19H24N2O2/c22-17(3-1-13-5-8-20-9-6-13)16-11-14-2-4-18(23)21-10-7-15(12-16)19(14)21/h11-13,20H,1-10H2. The molecule has 3 aliphatic heterocycles. The molecular weight excluding hydrogens is 288 g/mol. The number of hydrogen-bond donors (Lipinski definition) is 1. The van der Waals surface area contributed by atoms with E-state index in [1.54, 1.807) is 0 Å². The molecule has 0 bridgehead atoms. The van der Waals surface area contributed by atoms with Crippen LogP contribution >= 0.6 is 0 Å². The Balaban J connectivity index is 1.49. The molecule has 0 unspecified atom stereocenters. The van der Waals surface area contributed by atoms with Gasteiger partial charge in [0.05, 0.1) is 5.69 Å². The van der Waals surface area contributed by atoms with Crippen LogP contribution in [0.15, 0.2) is 12.1 Å². The van der Waals surface area contributed by atoms with Crippen molar-refractivity contribution in [2.75, 3.05) is 24.5 Å². The highest BCUT2D eigenvalue weighted by atomic mass is 16.2. The lowest BCUT2D eigenvalue weighted by molar-refractivity contribution is -0.118. The molecule has 1 amide bonds. The number of anilines is 1. The predicted molar refractivity (Wildman–Crippen MR) is 90.0 cm³/mol. The van der Waals surface area contributed by atoms with Gasteiger partial charge in [0.2, 0.25) is 5.91 Å². The first kappa shape index (κ1) is 14.9. The summed E-state index contributed by atoms with van der Waals surface area (Å²) in [6.07, 6.45) is 6.32. The minimum atomic E-state index is 0.237. The van der Waals surface area contributed by atoms with Crippen LogP contribution in [0.2, 0.25) is 0 Å². The van der Waals surface area contributed by atoms with E-state index in [4.69, 9.17) is 0 Å². The van der Waals surface area contributed by atoms with Crippen LogP contribution < -0.4 is 10.2 Å². The summed E-state index contributed by atoms with van der Waals surface area (Å²) in [4.78, 5) is 26.5. The summed E-state index contributed by atoms with van der Waals surface area (Å²) in [7, 11) is 0. The maximum atomic E-state index is 12.6. The molecule has 3 aliphatic rings. The Bertz CT molecular complexity index is 647. The molecule has 4 heteroatoms. The van der Waals surface area contributed by atoms with Gasteiger partial charge in [0.1, 0.15) is 0 Å². The first-order chi connectivity index (χ1) is 11.2. The highest BCUT2D eigenvalue weighted by molar-refractivity contribution is 6.02. The summed E-state index contributed by atoms with van der Waals surface area (Å²) in [5, 5.41) is 3.37. The maximum Gasteiger partial charge on any atom is 0.227 e. The molecule has 0 atom stereocenters. The molecule has 4 nitrogen and oxygen atoms in total. The lowest BCUT2D eigenvalue weighted by Gasteiger charge is -2.26. The number of nitrogens with one attached hydrogen (secondary N) is 1. The minimum absolute atomic E-state index is 0.237. The number of piperidine rings is 1. The SMILES string of the molecule is O=C(CCC1CCNCC1)c1cc2c3c(c1)CCN3C(=O)CC2. The van der Waals surface area contributed by atoms with Crippen LogP contribution in [0.1, 0.15) is 53.6 Å². The monoisotopic (exact) mass is 312 g/mol. The van der Waals surface area contributed by atoms with Crippen LogP contribution in [0.25, 0.3) is 0 Å². The fourth-order valence-electron chi connectivity index (χ4n) is 4.27. The lowest BCUT2D eigenvalue weighted by Crippen LogP contribution is -2.32. The smallest absolute Gasteiger partial charge is 0.227 e. The van der Waals surface area contributed by atoms with Crippen LogP contribution in [0, 0.1) is 5.92 Å². The van der Waals surface area contributed by atoms with Gasteiger partial charge in [0.15, 0.2) is 5.78 Å². The van der Waals surface area contributed by atoms with E-state index in [2.05, 4.69) is 5.32 Å². The van der Waals surface area contributed by atoms with Gasteiger partial charge < -0.3 is 10.2 Å². The number of ketones is 1. The molecule has 0 aromatic heterocycles. The molecule has 1 aromatic rings. The summed E-state index contributed by atoms with van der Waals surface area (Å²) in [6.45, 7) is 2.96. The third kappa shape index (κ3) is 2.80. The van der Waals surface area contributed by atoms with Gasteiger partial charge in [-0.1, -0.05) is 0 Å². The van der Waals surface area contributed by atoms with E-state index in [0.29, 0.717) is 18.8 Å². The van der Waals surface area contributed by atoms with Crippen molar-refractivity contribution in [3.05, 3.63) is 28.8 Å². The second kappa shape index (κ2) is 6.08. The Hall–Kier alpha value is -1.68. The normalized spacial score (nSPS) is 20.7. The second-order valence-electron chi connectivity index (χ2n) is 7.09. The lowest BCUT2D eigenvalue weighted by atomic mass is 9.89. The van der Waals surface area contributed by atoms with Gasteiger partial charge in [-0.15, -0.1) is 0 Å². The molecular formula is C19H24N2O2. The molecule has 122 valence electrons. The van der Waals surface area contributed by atoms with E-state index in [1.165, 1.54) is 24.0 Å². The number of amides is 1. The zero-order valence-corrected chi connectivity index (χ0v) is 13.6. The van der Waals surface area contributed by atoms with Crippen molar-refractivity contribution in [1.82, 2.24) is 5.32 Å². The number of aryl methyl sites for hydroxylation is 1. The topological polar surface area (TPSA) is 49.4 Å². The van der Waals surface area contributed by atoms with E-state index in [1.807, 2.05) is 17.0 Å². The average Bonchev–Trinajstić information content (AvgIpc) is 3.02. The molecule has 4 rings (SSSR count). The molecule has 3 heterocycles. The molecule has 1 fully saturated rings. The fourth-order valence-corrected chi connectivity index (χ4v) is 4.27. The fraction of sp³-hybridized carbons (Fsp3) is 0.579. The van der Waals surface area contributed by atoms with E-state index < -0.39 is 0 Å². The van der Waals surface area contributed by atoms with Crippen molar-refractivity contribution < 1.29 is 9.59 Å². The summed E-state index contributed by atoms with van der Waals surface area (Å²) >= 11 is 0. The summed E-state index contributed by atoms with van der Waals surface area (Å²) in [5.74, 6) is 1.21. The quantitative estimate of drug-likeness (QED) is 0.869. The largest absolute Gasteiger partial charge is 0.317 e. The van der Waals surface area contributed by atoms with Crippen molar-refractivity contribution in [2.24, 2.45) is 5.92 Å². The van der Waals surface area contributed by atoms with Crippen LogP contribution in [0.4, 0.5) is 5.69 Å². The third-order valence-corrected chi connectivity index (χ3v) is 5.61. The van der Waals surface area contributed by atoms with Gasteiger partial charge in [-0.3, -0.25) is 9.59 Å². The summed E-state index contributed by atoms with van der Waals surface area (Å²) < 4.78 is 0. The number of hydrogen-bond acceptors (Lipinski definition) is 3. The second-order valence-corrected chi connectivity index (χ2v) is 7.09. The van der Waals surface area contributed by atoms with Crippen molar-refractivity contribution >= 4 is 17.4 Å². The van der Waals surface area contributed by atoms with Crippen LogP contribution in [0.5, 0.6) is 0 Å².